The molecule has 0 radical (unpaired) electrons. The lowest BCUT2D eigenvalue weighted by molar-refractivity contribution is 0.0599. The number of rotatable bonds is 5. The molecule has 0 aromatic heterocycles. The molecule has 0 N–H and O–H groups in total. The Bertz CT molecular complexity index is 605. The highest BCUT2D eigenvalue weighted by molar-refractivity contribution is 5.91. The first-order valence-corrected chi connectivity index (χ1v) is 7.13. The molecule has 0 spiro atoms. The van der Waals surface area contributed by atoms with Crippen molar-refractivity contribution in [2.24, 2.45) is 0 Å². The van der Waals surface area contributed by atoms with Crippen LogP contribution in [0.25, 0.3) is 0 Å². The second-order valence-corrected chi connectivity index (χ2v) is 5.00. The van der Waals surface area contributed by atoms with E-state index in [4.69, 9.17) is 4.74 Å². The SMILES string of the molecule is CCN(Cc1ccccc1C(=O)OC)c1ccc(C)cc1. The molecule has 0 unspecified atom stereocenters. The van der Waals surface area contributed by atoms with Crippen molar-refractivity contribution in [1.82, 2.24) is 0 Å². The maximum Gasteiger partial charge on any atom is 0.338 e. The molecule has 0 atom stereocenters. The summed E-state index contributed by atoms with van der Waals surface area (Å²) in [4.78, 5) is 14.1. The minimum atomic E-state index is -0.287. The summed E-state index contributed by atoms with van der Waals surface area (Å²) >= 11 is 0. The topological polar surface area (TPSA) is 29.5 Å². The molecule has 21 heavy (non-hydrogen) atoms. The van der Waals surface area contributed by atoms with Crippen LogP contribution in [0.4, 0.5) is 5.69 Å². The second kappa shape index (κ2) is 6.93. The molecule has 0 saturated carbocycles. The molecule has 3 nitrogen and oxygen atoms in total. The van der Waals surface area contributed by atoms with Crippen molar-refractivity contribution in [1.29, 1.82) is 0 Å². The molecule has 0 saturated heterocycles. The average molecular weight is 283 g/mol. The lowest BCUT2D eigenvalue weighted by Crippen LogP contribution is -2.23. The van der Waals surface area contributed by atoms with Gasteiger partial charge in [-0.3, -0.25) is 0 Å². The van der Waals surface area contributed by atoms with Crippen molar-refractivity contribution in [3.63, 3.8) is 0 Å². The van der Waals surface area contributed by atoms with Crippen LogP contribution in [0.2, 0.25) is 0 Å². The largest absolute Gasteiger partial charge is 0.465 e. The molecule has 2 aromatic carbocycles. The number of hydrogen-bond acceptors (Lipinski definition) is 3. The van der Waals surface area contributed by atoms with Gasteiger partial charge < -0.3 is 9.64 Å². The van der Waals surface area contributed by atoms with E-state index in [1.54, 1.807) is 0 Å². The number of carbonyl (C=O) groups is 1. The van der Waals surface area contributed by atoms with Gasteiger partial charge in [-0.05, 0) is 37.6 Å². The molecule has 110 valence electrons. The molecule has 0 aliphatic heterocycles. The minimum absolute atomic E-state index is 0.287. The Labute approximate surface area is 126 Å². The van der Waals surface area contributed by atoms with Crippen LogP contribution in [-0.4, -0.2) is 19.6 Å². The molecule has 2 aromatic rings. The van der Waals surface area contributed by atoms with E-state index in [-0.39, 0.29) is 5.97 Å². The van der Waals surface area contributed by atoms with Crippen LogP contribution >= 0.6 is 0 Å². The van der Waals surface area contributed by atoms with Gasteiger partial charge in [0.1, 0.15) is 0 Å². The van der Waals surface area contributed by atoms with E-state index in [9.17, 15) is 4.79 Å². The Balaban J connectivity index is 2.27. The predicted octanol–water partition coefficient (Wildman–Crippen LogP) is 3.81. The molecule has 0 heterocycles. The van der Waals surface area contributed by atoms with Crippen molar-refractivity contribution in [3.8, 4) is 0 Å². The predicted molar refractivity (Wildman–Crippen MR) is 85.7 cm³/mol. The Morgan fingerprint density at radius 3 is 2.38 bits per heavy atom. The number of nitrogens with zero attached hydrogens (tertiary/aromatic N) is 1. The van der Waals surface area contributed by atoms with Crippen molar-refractivity contribution in [3.05, 3.63) is 65.2 Å². The highest BCUT2D eigenvalue weighted by Crippen LogP contribution is 2.20. The summed E-state index contributed by atoms with van der Waals surface area (Å²) in [6.45, 7) is 5.75. The van der Waals surface area contributed by atoms with Crippen LogP contribution in [0.5, 0.6) is 0 Å². The Morgan fingerprint density at radius 2 is 1.76 bits per heavy atom. The van der Waals surface area contributed by atoms with Gasteiger partial charge in [0.2, 0.25) is 0 Å². The number of benzene rings is 2. The fourth-order valence-corrected chi connectivity index (χ4v) is 2.31. The standard InChI is InChI=1S/C18H21NO2/c1-4-19(16-11-9-14(2)10-12-16)13-15-7-5-6-8-17(15)18(20)21-3/h5-12H,4,13H2,1-3H3. The molecule has 0 amide bonds. The van der Waals surface area contributed by atoms with Crippen molar-refractivity contribution in [2.45, 2.75) is 20.4 Å². The fourth-order valence-electron chi connectivity index (χ4n) is 2.31. The average Bonchev–Trinajstić information content (AvgIpc) is 2.53. The van der Waals surface area contributed by atoms with Gasteiger partial charge in [0.15, 0.2) is 0 Å². The van der Waals surface area contributed by atoms with Gasteiger partial charge in [0, 0.05) is 18.8 Å². The maximum absolute atomic E-state index is 11.8. The summed E-state index contributed by atoms with van der Waals surface area (Å²) in [5.74, 6) is -0.287. The fraction of sp³-hybridized carbons (Fsp3) is 0.278. The molecule has 3 heteroatoms. The Kier molecular flexibility index (Phi) is 4.99. The lowest BCUT2D eigenvalue weighted by atomic mass is 10.1. The van der Waals surface area contributed by atoms with Gasteiger partial charge in [-0.1, -0.05) is 35.9 Å². The smallest absolute Gasteiger partial charge is 0.338 e. The molecule has 0 fully saturated rings. The first-order chi connectivity index (χ1) is 10.2. The van der Waals surface area contributed by atoms with Gasteiger partial charge in [0.05, 0.1) is 12.7 Å². The highest BCUT2D eigenvalue weighted by atomic mass is 16.5. The third-order valence-electron chi connectivity index (χ3n) is 3.56. The summed E-state index contributed by atoms with van der Waals surface area (Å²) in [6, 6.07) is 16.0. The van der Waals surface area contributed by atoms with Crippen LogP contribution < -0.4 is 4.90 Å². The van der Waals surface area contributed by atoms with E-state index in [2.05, 4.69) is 43.0 Å². The zero-order valence-corrected chi connectivity index (χ0v) is 12.8. The third-order valence-corrected chi connectivity index (χ3v) is 3.56. The highest BCUT2D eigenvalue weighted by Gasteiger charge is 2.13. The summed E-state index contributed by atoms with van der Waals surface area (Å²) < 4.78 is 4.86. The number of esters is 1. The number of ether oxygens (including phenoxy) is 1. The van der Waals surface area contributed by atoms with Crippen LogP contribution in [0.15, 0.2) is 48.5 Å². The number of anilines is 1. The van der Waals surface area contributed by atoms with E-state index >= 15 is 0 Å². The van der Waals surface area contributed by atoms with E-state index in [0.717, 1.165) is 17.8 Å². The third kappa shape index (κ3) is 3.63. The Hall–Kier alpha value is -2.29. The quantitative estimate of drug-likeness (QED) is 0.782. The summed E-state index contributed by atoms with van der Waals surface area (Å²) in [5, 5.41) is 0. The number of aryl methyl sites for hydroxylation is 1. The van der Waals surface area contributed by atoms with E-state index in [0.29, 0.717) is 12.1 Å². The monoisotopic (exact) mass is 283 g/mol. The molecular formula is C18H21NO2. The summed E-state index contributed by atoms with van der Waals surface area (Å²) in [5.41, 5.74) is 4.00. The lowest BCUT2D eigenvalue weighted by Gasteiger charge is -2.24. The minimum Gasteiger partial charge on any atom is -0.465 e. The van der Waals surface area contributed by atoms with Gasteiger partial charge in [-0.2, -0.15) is 0 Å². The number of hydrogen-bond donors (Lipinski definition) is 0. The summed E-state index contributed by atoms with van der Waals surface area (Å²) in [6.07, 6.45) is 0. The van der Waals surface area contributed by atoms with Crippen molar-refractivity contribution in [2.75, 3.05) is 18.6 Å². The van der Waals surface area contributed by atoms with Crippen molar-refractivity contribution >= 4 is 11.7 Å². The second-order valence-electron chi connectivity index (χ2n) is 5.00. The number of methoxy groups -OCH3 is 1. The normalized spacial score (nSPS) is 10.2. The van der Waals surface area contributed by atoms with E-state index in [1.165, 1.54) is 12.7 Å². The van der Waals surface area contributed by atoms with Crippen molar-refractivity contribution < 1.29 is 9.53 Å². The zero-order valence-electron chi connectivity index (χ0n) is 12.8. The molecule has 0 aliphatic carbocycles. The molecular weight excluding hydrogens is 262 g/mol. The Morgan fingerprint density at radius 1 is 1.10 bits per heavy atom. The van der Waals surface area contributed by atoms with Gasteiger partial charge in [0.25, 0.3) is 0 Å². The van der Waals surface area contributed by atoms with Crippen LogP contribution in [0.3, 0.4) is 0 Å². The maximum atomic E-state index is 11.8. The van der Waals surface area contributed by atoms with Gasteiger partial charge in [-0.25, -0.2) is 4.79 Å². The van der Waals surface area contributed by atoms with Crippen LogP contribution in [0.1, 0.15) is 28.4 Å². The molecule has 0 aliphatic rings. The van der Waals surface area contributed by atoms with E-state index < -0.39 is 0 Å². The first kappa shape index (κ1) is 15.1. The van der Waals surface area contributed by atoms with Crippen LogP contribution in [-0.2, 0) is 11.3 Å². The first-order valence-electron chi connectivity index (χ1n) is 7.13. The van der Waals surface area contributed by atoms with Crippen LogP contribution in [0, 0.1) is 6.92 Å². The van der Waals surface area contributed by atoms with Gasteiger partial charge in [-0.15, -0.1) is 0 Å². The molecule has 2 rings (SSSR count). The summed E-state index contributed by atoms with van der Waals surface area (Å²) in [7, 11) is 1.41. The van der Waals surface area contributed by atoms with Gasteiger partial charge >= 0.3 is 5.97 Å². The van der Waals surface area contributed by atoms with E-state index in [1.807, 2.05) is 24.3 Å². The number of carbonyl (C=O) groups excluding carboxylic acids is 1. The zero-order chi connectivity index (χ0) is 15.2. The molecule has 0 bridgehead atoms.